The van der Waals surface area contributed by atoms with Crippen molar-refractivity contribution in [1.82, 2.24) is 0 Å². The predicted molar refractivity (Wildman–Crippen MR) is 111 cm³/mol. The standard InChI is InChI=1S/C24H22O6/c1-12(10-25)19-7-16-15-6-13-11-29-20-9-22(28-3)21(27-2)8-17(20)23(13)24(26)14(15)4-5-18(16)30-19/h4-5,8-9,19,25H,1,6-7,10-11H2,2-3H3. The molecule has 0 amide bonds. The number of benzene rings is 2. The number of ether oxygens (including phenoxy) is 4. The molecule has 1 N–H and O–H groups in total. The summed E-state index contributed by atoms with van der Waals surface area (Å²) in [6, 6.07) is 7.25. The van der Waals surface area contributed by atoms with E-state index in [9.17, 15) is 9.90 Å². The maximum atomic E-state index is 13.6. The molecule has 2 aliphatic heterocycles. The first-order valence-corrected chi connectivity index (χ1v) is 9.81. The number of methoxy groups -OCH3 is 2. The fourth-order valence-electron chi connectivity index (χ4n) is 4.50. The van der Waals surface area contributed by atoms with Crippen LogP contribution >= 0.6 is 0 Å². The lowest BCUT2D eigenvalue weighted by Crippen LogP contribution is -2.24. The Balaban J connectivity index is 1.59. The molecule has 2 heterocycles. The van der Waals surface area contributed by atoms with Crippen LogP contribution in [0, 0.1) is 0 Å². The van der Waals surface area contributed by atoms with Gasteiger partial charge in [0.05, 0.1) is 20.8 Å². The zero-order valence-electron chi connectivity index (χ0n) is 16.9. The molecule has 6 nitrogen and oxygen atoms in total. The molecule has 0 saturated heterocycles. The molecule has 2 aromatic rings. The number of ketones is 1. The van der Waals surface area contributed by atoms with Gasteiger partial charge in [-0.25, -0.2) is 0 Å². The van der Waals surface area contributed by atoms with Crippen molar-refractivity contribution < 1.29 is 28.8 Å². The van der Waals surface area contributed by atoms with Gasteiger partial charge in [-0.3, -0.25) is 4.79 Å². The summed E-state index contributed by atoms with van der Waals surface area (Å²) in [6.45, 7) is 4.12. The van der Waals surface area contributed by atoms with Gasteiger partial charge in [-0.15, -0.1) is 0 Å². The number of fused-ring (bicyclic) bond motifs is 5. The van der Waals surface area contributed by atoms with Gasteiger partial charge in [0.25, 0.3) is 0 Å². The zero-order valence-corrected chi connectivity index (χ0v) is 16.9. The lowest BCUT2D eigenvalue weighted by molar-refractivity contribution is 0.105. The lowest BCUT2D eigenvalue weighted by Gasteiger charge is -2.29. The number of carbonyl (C=O) groups is 1. The quantitative estimate of drug-likeness (QED) is 0.787. The number of Topliss-reactive ketones (excluding diaryl/α,β-unsaturated/α-hetero) is 1. The number of hydrogen-bond donors (Lipinski definition) is 1. The van der Waals surface area contributed by atoms with Crippen molar-refractivity contribution in [2.75, 3.05) is 27.4 Å². The molecule has 1 unspecified atom stereocenters. The van der Waals surface area contributed by atoms with Crippen LogP contribution in [0.3, 0.4) is 0 Å². The van der Waals surface area contributed by atoms with E-state index in [1.807, 2.05) is 18.2 Å². The number of allylic oxidation sites excluding steroid dienone is 1. The minimum atomic E-state index is -0.262. The van der Waals surface area contributed by atoms with E-state index in [1.54, 1.807) is 20.3 Å². The van der Waals surface area contributed by atoms with Gasteiger partial charge in [-0.05, 0) is 41.3 Å². The van der Waals surface area contributed by atoms with Gasteiger partial charge in [0.2, 0.25) is 0 Å². The molecule has 1 atom stereocenters. The van der Waals surface area contributed by atoms with Gasteiger partial charge in [-0.2, -0.15) is 0 Å². The molecular formula is C24H22O6. The Kier molecular flexibility index (Phi) is 4.33. The maximum Gasteiger partial charge on any atom is 0.194 e. The van der Waals surface area contributed by atoms with Gasteiger partial charge < -0.3 is 24.1 Å². The number of aliphatic hydroxyl groups is 1. The summed E-state index contributed by atoms with van der Waals surface area (Å²) in [6.07, 6.45) is 0.965. The summed E-state index contributed by atoms with van der Waals surface area (Å²) in [5.74, 6) is 2.48. The molecule has 2 aromatic carbocycles. The van der Waals surface area contributed by atoms with Crippen molar-refractivity contribution in [2.24, 2.45) is 0 Å². The van der Waals surface area contributed by atoms with Crippen molar-refractivity contribution in [3.63, 3.8) is 0 Å². The second-order valence-corrected chi connectivity index (χ2v) is 7.67. The molecule has 0 bridgehead atoms. The van der Waals surface area contributed by atoms with E-state index in [1.165, 1.54) is 0 Å². The van der Waals surface area contributed by atoms with Crippen LogP contribution in [0.1, 0.15) is 27.0 Å². The minimum absolute atomic E-state index is 0.0183. The van der Waals surface area contributed by atoms with Gasteiger partial charge in [-0.1, -0.05) is 6.58 Å². The summed E-state index contributed by atoms with van der Waals surface area (Å²) in [5, 5.41) is 9.41. The number of hydrogen-bond acceptors (Lipinski definition) is 6. The minimum Gasteiger partial charge on any atom is -0.493 e. The second kappa shape index (κ2) is 6.92. The average Bonchev–Trinajstić information content (AvgIpc) is 3.22. The Morgan fingerprint density at radius 3 is 2.63 bits per heavy atom. The van der Waals surface area contributed by atoms with Crippen LogP contribution in [-0.2, 0) is 12.8 Å². The Morgan fingerprint density at radius 1 is 1.13 bits per heavy atom. The van der Waals surface area contributed by atoms with Crippen LogP contribution in [0.25, 0.3) is 5.57 Å². The van der Waals surface area contributed by atoms with Crippen molar-refractivity contribution in [3.05, 3.63) is 64.2 Å². The Bertz CT molecular complexity index is 1130. The van der Waals surface area contributed by atoms with Crippen molar-refractivity contribution >= 4 is 11.4 Å². The fourth-order valence-corrected chi connectivity index (χ4v) is 4.50. The summed E-state index contributed by atoms with van der Waals surface area (Å²) in [7, 11) is 3.14. The van der Waals surface area contributed by atoms with Crippen molar-refractivity contribution in [3.8, 4) is 23.0 Å². The smallest absolute Gasteiger partial charge is 0.194 e. The molecule has 6 heteroatoms. The molecule has 30 heavy (non-hydrogen) atoms. The molecule has 0 radical (unpaired) electrons. The van der Waals surface area contributed by atoms with Crippen LogP contribution in [0.2, 0.25) is 0 Å². The third-order valence-corrected chi connectivity index (χ3v) is 6.08. The molecule has 3 aliphatic rings. The Labute approximate surface area is 174 Å². The highest BCUT2D eigenvalue weighted by molar-refractivity contribution is 6.32. The van der Waals surface area contributed by atoms with Gasteiger partial charge in [0.1, 0.15) is 24.2 Å². The van der Waals surface area contributed by atoms with Crippen LogP contribution in [0.4, 0.5) is 0 Å². The van der Waals surface area contributed by atoms with Crippen LogP contribution < -0.4 is 18.9 Å². The summed E-state index contributed by atoms with van der Waals surface area (Å²) < 4.78 is 22.7. The van der Waals surface area contributed by atoms with E-state index < -0.39 is 0 Å². The van der Waals surface area contributed by atoms with Gasteiger partial charge in [0.15, 0.2) is 17.3 Å². The van der Waals surface area contributed by atoms with Gasteiger partial charge in [0, 0.05) is 34.8 Å². The Hall–Kier alpha value is -3.25. The summed E-state index contributed by atoms with van der Waals surface area (Å²) in [5.41, 5.74) is 5.69. The molecule has 0 saturated carbocycles. The van der Waals surface area contributed by atoms with Crippen molar-refractivity contribution in [2.45, 2.75) is 18.9 Å². The van der Waals surface area contributed by atoms with Crippen molar-refractivity contribution in [1.29, 1.82) is 0 Å². The average molecular weight is 406 g/mol. The molecule has 1 aliphatic carbocycles. The lowest BCUT2D eigenvalue weighted by atomic mass is 9.78. The highest BCUT2D eigenvalue weighted by atomic mass is 16.5. The topological polar surface area (TPSA) is 74.2 Å². The first-order chi connectivity index (χ1) is 14.5. The molecule has 0 spiro atoms. The van der Waals surface area contributed by atoms with E-state index >= 15 is 0 Å². The highest BCUT2D eigenvalue weighted by Gasteiger charge is 2.37. The molecule has 0 fully saturated rings. The molecule has 154 valence electrons. The zero-order chi connectivity index (χ0) is 21.0. The number of aliphatic hydroxyl groups excluding tert-OH is 1. The first-order valence-electron chi connectivity index (χ1n) is 9.81. The largest absolute Gasteiger partial charge is 0.493 e. The predicted octanol–water partition coefficient (Wildman–Crippen LogP) is 3.14. The van der Waals surface area contributed by atoms with Crippen LogP contribution in [0.5, 0.6) is 23.0 Å². The highest BCUT2D eigenvalue weighted by Crippen LogP contribution is 2.47. The SMILES string of the molecule is C=C(CO)C1Cc2c(ccc3c2CC2=C(C3=O)c3cc(OC)c(OC)cc3OC2)O1. The molecule has 5 rings (SSSR count). The number of rotatable bonds is 4. The van der Waals surface area contributed by atoms with E-state index in [0.717, 1.165) is 28.0 Å². The summed E-state index contributed by atoms with van der Waals surface area (Å²) in [4.78, 5) is 13.6. The monoisotopic (exact) mass is 406 g/mol. The van der Waals surface area contributed by atoms with Crippen LogP contribution in [-0.4, -0.2) is 44.4 Å². The van der Waals surface area contributed by atoms with E-state index in [2.05, 4.69) is 6.58 Å². The normalized spacial score (nSPS) is 18.5. The third-order valence-electron chi connectivity index (χ3n) is 6.08. The second-order valence-electron chi connectivity index (χ2n) is 7.67. The maximum absolute atomic E-state index is 13.6. The van der Waals surface area contributed by atoms with E-state index in [0.29, 0.717) is 53.4 Å². The van der Waals surface area contributed by atoms with Crippen LogP contribution in [0.15, 0.2) is 42.0 Å². The Morgan fingerprint density at radius 2 is 1.90 bits per heavy atom. The molecular weight excluding hydrogens is 384 g/mol. The van der Waals surface area contributed by atoms with E-state index in [-0.39, 0.29) is 18.5 Å². The number of carbonyl (C=O) groups excluding carboxylic acids is 1. The summed E-state index contributed by atoms with van der Waals surface area (Å²) >= 11 is 0. The third kappa shape index (κ3) is 2.64. The first kappa shape index (κ1) is 18.8. The fraction of sp³-hybridized carbons (Fsp3) is 0.292. The van der Waals surface area contributed by atoms with Gasteiger partial charge >= 0.3 is 0 Å². The van der Waals surface area contributed by atoms with E-state index in [4.69, 9.17) is 18.9 Å². The molecule has 0 aromatic heterocycles.